The van der Waals surface area contributed by atoms with Crippen LogP contribution in [0.25, 0.3) is 16.7 Å². The zero-order chi connectivity index (χ0) is 23.5. The van der Waals surface area contributed by atoms with Crippen LogP contribution in [-0.4, -0.2) is 57.6 Å². The van der Waals surface area contributed by atoms with Crippen molar-refractivity contribution in [2.45, 2.75) is 13.1 Å². The number of hydrogen-bond acceptors (Lipinski definition) is 6. The Morgan fingerprint density at radius 1 is 1.06 bits per heavy atom. The molecule has 9 nitrogen and oxygen atoms in total. The van der Waals surface area contributed by atoms with Crippen LogP contribution in [0.2, 0.25) is 0 Å². The van der Waals surface area contributed by atoms with E-state index >= 15 is 0 Å². The highest BCUT2D eigenvalue weighted by molar-refractivity contribution is 5.96. The predicted octanol–water partition coefficient (Wildman–Crippen LogP) is 1.39. The molecule has 5 rings (SSSR count). The Morgan fingerprint density at radius 3 is 2.62 bits per heavy atom. The first-order valence-corrected chi connectivity index (χ1v) is 11.3. The summed E-state index contributed by atoms with van der Waals surface area (Å²) in [6, 6.07) is 16.4. The first-order chi connectivity index (χ1) is 16.6. The predicted molar refractivity (Wildman–Crippen MR) is 128 cm³/mol. The van der Waals surface area contributed by atoms with Crippen LogP contribution in [0.15, 0.2) is 65.6 Å². The lowest BCUT2D eigenvalue weighted by Crippen LogP contribution is -2.41. The summed E-state index contributed by atoms with van der Waals surface area (Å²) in [5.74, 6) is -0.395. The van der Waals surface area contributed by atoms with E-state index in [-0.39, 0.29) is 16.6 Å². The quantitative estimate of drug-likeness (QED) is 0.425. The number of hydrogen-bond donors (Lipinski definition) is 2. The van der Waals surface area contributed by atoms with Gasteiger partial charge < -0.3 is 14.6 Å². The molecule has 0 aliphatic carbocycles. The lowest BCUT2D eigenvalue weighted by molar-refractivity contribution is 0.0363. The van der Waals surface area contributed by atoms with Gasteiger partial charge >= 0.3 is 0 Å². The van der Waals surface area contributed by atoms with Crippen LogP contribution in [0.5, 0.6) is 0 Å². The van der Waals surface area contributed by atoms with Crippen LogP contribution in [-0.2, 0) is 17.8 Å². The smallest absolute Gasteiger partial charge is 0.267 e. The third-order valence-corrected chi connectivity index (χ3v) is 6.10. The van der Waals surface area contributed by atoms with Crippen molar-refractivity contribution >= 4 is 22.6 Å². The topological polar surface area (TPSA) is 105 Å². The number of aromatic nitrogens is 3. The number of carbonyl (C=O) groups is 1. The highest BCUT2D eigenvalue weighted by Gasteiger charge is 2.18. The SMILES string of the molecule is N=c1c(C(=O)NCc2ccccc2)cc2c(=O)n3ccccc3nc2n1CCN1CCOCC1. The van der Waals surface area contributed by atoms with E-state index in [0.29, 0.717) is 49.5 Å². The van der Waals surface area contributed by atoms with Crippen molar-refractivity contribution in [2.24, 2.45) is 0 Å². The Morgan fingerprint density at radius 2 is 1.82 bits per heavy atom. The molecule has 174 valence electrons. The Kier molecular flexibility index (Phi) is 6.20. The fourth-order valence-electron chi connectivity index (χ4n) is 4.22. The number of nitrogens with zero attached hydrogens (tertiary/aromatic N) is 4. The van der Waals surface area contributed by atoms with Crippen molar-refractivity contribution in [1.29, 1.82) is 5.41 Å². The van der Waals surface area contributed by atoms with Gasteiger partial charge in [0.2, 0.25) is 0 Å². The second kappa shape index (κ2) is 9.58. The van der Waals surface area contributed by atoms with Gasteiger partial charge in [0.05, 0.1) is 24.2 Å². The maximum absolute atomic E-state index is 13.3. The summed E-state index contributed by atoms with van der Waals surface area (Å²) < 4.78 is 8.57. The van der Waals surface area contributed by atoms with E-state index in [1.54, 1.807) is 22.9 Å². The molecule has 1 aliphatic heterocycles. The van der Waals surface area contributed by atoms with Gasteiger partial charge in [-0.2, -0.15) is 0 Å². The number of rotatable bonds is 6. The van der Waals surface area contributed by atoms with Gasteiger partial charge in [0, 0.05) is 38.9 Å². The van der Waals surface area contributed by atoms with Crippen molar-refractivity contribution in [3.8, 4) is 0 Å². The summed E-state index contributed by atoms with van der Waals surface area (Å²) in [6.07, 6.45) is 1.66. The molecular formula is C25H26N6O3. The molecule has 1 fully saturated rings. The first kappa shape index (κ1) is 22.0. The fraction of sp³-hybridized carbons (Fsp3) is 0.280. The molecule has 0 saturated carbocycles. The minimum Gasteiger partial charge on any atom is -0.379 e. The van der Waals surface area contributed by atoms with Crippen LogP contribution in [0.4, 0.5) is 0 Å². The van der Waals surface area contributed by atoms with Gasteiger partial charge in [-0.15, -0.1) is 0 Å². The van der Waals surface area contributed by atoms with Crippen molar-refractivity contribution in [3.63, 3.8) is 0 Å². The maximum atomic E-state index is 13.3. The minimum absolute atomic E-state index is 0.0403. The van der Waals surface area contributed by atoms with E-state index in [1.807, 2.05) is 36.4 Å². The molecule has 4 aromatic rings. The highest BCUT2D eigenvalue weighted by atomic mass is 16.5. The molecule has 9 heteroatoms. The average Bonchev–Trinajstić information content (AvgIpc) is 2.88. The van der Waals surface area contributed by atoms with Crippen molar-refractivity contribution in [2.75, 3.05) is 32.8 Å². The van der Waals surface area contributed by atoms with E-state index in [4.69, 9.17) is 10.1 Å². The highest BCUT2D eigenvalue weighted by Crippen LogP contribution is 2.11. The second-order valence-corrected chi connectivity index (χ2v) is 8.26. The number of carbonyl (C=O) groups excluding carboxylic acids is 1. The molecule has 3 aromatic heterocycles. The number of morpholine rings is 1. The molecule has 0 radical (unpaired) electrons. The maximum Gasteiger partial charge on any atom is 0.267 e. The van der Waals surface area contributed by atoms with Crippen LogP contribution in [0.3, 0.4) is 0 Å². The number of ether oxygens (including phenoxy) is 1. The summed E-state index contributed by atoms with van der Waals surface area (Å²) in [7, 11) is 0. The van der Waals surface area contributed by atoms with Crippen molar-refractivity contribution in [1.82, 2.24) is 24.2 Å². The third kappa shape index (κ3) is 4.35. The molecule has 2 N–H and O–H groups in total. The molecular weight excluding hydrogens is 432 g/mol. The molecule has 0 bridgehead atoms. The van der Waals surface area contributed by atoms with Crippen molar-refractivity contribution < 1.29 is 9.53 Å². The molecule has 4 heterocycles. The summed E-state index contributed by atoms with van der Waals surface area (Å²) in [5.41, 5.74) is 1.79. The third-order valence-electron chi connectivity index (χ3n) is 6.10. The largest absolute Gasteiger partial charge is 0.379 e. The zero-order valence-electron chi connectivity index (χ0n) is 18.7. The van der Waals surface area contributed by atoms with Gasteiger partial charge in [-0.25, -0.2) is 4.98 Å². The Labute approximate surface area is 195 Å². The van der Waals surface area contributed by atoms with Crippen LogP contribution in [0, 0.1) is 5.41 Å². The van der Waals surface area contributed by atoms with Gasteiger partial charge in [0.25, 0.3) is 11.5 Å². The lowest BCUT2D eigenvalue weighted by Gasteiger charge is -2.27. The normalized spacial score (nSPS) is 14.5. The average molecular weight is 459 g/mol. The summed E-state index contributed by atoms with van der Waals surface area (Å²) >= 11 is 0. The molecule has 1 aromatic carbocycles. The summed E-state index contributed by atoms with van der Waals surface area (Å²) in [6.45, 7) is 4.39. The Bertz CT molecular complexity index is 1460. The second-order valence-electron chi connectivity index (χ2n) is 8.26. The molecule has 0 unspecified atom stereocenters. The van der Waals surface area contributed by atoms with Crippen LogP contribution in [0.1, 0.15) is 15.9 Å². The van der Waals surface area contributed by atoms with Crippen LogP contribution >= 0.6 is 0 Å². The number of pyridine rings is 2. The standard InChI is InChI=1S/C25H26N6O3/c26-22-19(24(32)27-17-18-6-2-1-3-7-18)16-20-23(28-21-8-4-5-9-30(21)25(20)33)31(22)11-10-29-12-14-34-15-13-29/h1-9,16,26H,10-15,17H2,(H,27,32). The number of nitrogens with one attached hydrogen (secondary N) is 2. The van der Waals surface area contributed by atoms with Gasteiger partial charge in [0.15, 0.2) is 0 Å². The van der Waals surface area contributed by atoms with Gasteiger partial charge in [-0.1, -0.05) is 36.4 Å². The molecule has 1 aliphatic rings. The molecule has 1 saturated heterocycles. The van der Waals surface area contributed by atoms with E-state index in [2.05, 4.69) is 15.2 Å². The monoisotopic (exact) mass is 458 g/mol. The van der Waals surface area contributed by atoms with E-state index in [9.17, 15) is 9.59 Å². The minimum atomic E-state index is -0.395. The number of fused-ring (bicyclic) bond motifs is 2. The van der Waals surface area contributed by atoms with Crippen molar-refractivity contribution in [3.05, 3.63) is 87.8 Å². The fourth-order valence-corrected chi connectivity index (χ4v) is 4.22. The van der Waals surface area contributed by atoms with E-state index < -0.39 is 5.91 Å². The molecule has 34 heavy (non-hydrogen) atoms. The summed E-state index contributed by atoms with van der Waals surface area (Å²) in [4.78, 5) is 33.4. The molecule has 0 atom stereocenters. The molecule has 1 amide bonds. The van der Waals surface area contributed by atoms with Gasteiger partial charge in [-0.3, -0.25) is 24.3 Å². The lowest BCUT2D eigenvalue weighted by atomic mass is 10.1. The zero-order valence-corrected chi connectivity index (χ0v) is 18.7. The number of benzene rings is 1. The van der Waals surface area contributed by atoms with Gasteiger partial charge in [0.1, 0.15) is 16.8 Å². The number of amides is 1. The first-order valence-electron chi connectivity index (χ1n) is 11.3. The Balaban J connectivity index is 1.57. The molecule has 0 spiro atoms. The van der Waals surface area contributed by atoms with Crippen LogP contribution < -0.4 is 16.4 Å². The summed E-state index contributed by atoms with van der Waals surface area (Å²) in [5, 5.41) is 12.0. The Hall–Kier alpha value is -3.82. The van der Waals surface area contributed by atoms with E-state index in [1.165, 1.54) is 10.5 Å². The van der Waals surface area contributed by atoms with E-state index in [0.717, 1.165) is 18.7 Å². The van der Waals surface area contributed by atoms with Gasteiger partial charge in [-0.05, 0) is 23.8 Å².